The highest BCUT2D eigenvalue weighted by molar-refractivity contribution is 4.59. The van der Waals surface area contributed by atoms with Crippen LogP contribution in [0.15, 0.2) is 0 Å². The van der Waals surface area contributed by atoms with Gasteiger partial charge in [0, 0.05) is 6.04 Å². The van der Waals surface area contributed by atoms with Crippen molar-refractivity contribution in [3.05, 3.63) is 0 Å². The number of hydrogen-bond donors (Lipinski definition) is 2. The van der Waals surface area contributed by atoms with Crippen LogP contribution in [0.2, 0.25) is 0 Å². The Morgan fingerprint density at radius 1 is 1.50 bits per heavy atom. The molecule has 0 heterocycles. The highest BCUT2D eigenvalue weighted by atomic mass is 16.3. The molecular formula is C6H15NO. The number of aliphatic hydroxyl groups excluding tert-OH is 1. The molecule has 50 valence electrons. The van der Waals surface area contributed by atoms with Crippen molar-refractivity contribution in [3.8, 4) is 0 Å². The van der Waals surface area contributed by atoms with Gasteiger partial charge in [0.25, 0.3) is 0 Å². The third-order valence-electron chi connectivity index (χ3n) is 1.21. The molecule has 0 amide bonds. The van der Waals surface area contributed by atoms with Gasteiger partial charge >= 0.3 is 0 Å². The molecule has 2 heteroatoms. The Balaban J connectivity index is 3.07. The van der Waals surface area contributed by atoms with E-state index in [-0.39, 0.29) is 6.61 Å². The lowest BCUT2D eigenvalue weighted by Crippen LogP contribution is -2.31. The Morgan fingerprint density at radius 3 is 2.25 bits per heavy atom. The van der Waals surface area contributed by atoms with E-state index in [9.17, 15) is 0 Å². The fourth-order valence-corrected chi connectivity index (χ4v) is 0.627. The highest BCUT2D eigenvalue weighted by Crippen LogP contribution is 1.85. The molecular weight excluding hydrogens is 102 g/mol. The Kier molecular flexibility index (Phi) is 5.01. The van der Waals surface area contributed by atoms with Gasteiger partial charge in [-0.15, -0.1) is 0 Å². The fourth-order valence-electron chi connectivity index (χ4n) is 0.627. The van der Waals surface area contributed by atoms with Gasteiger partial charge in [0.1, 0.15) is 0 Å². The zero-order valence-corrected chi connectivity index (χ0v) is 5.65. The summed E-state index contributed by atoms with van der Waals surface area (Å²) in [5.74, 6) is 0. The van der Waals surface area contributed by atoms with Crippen LogP contribution in [-0.4, -0.2) is 24.3 Å². The average Bonchev–Trinajstić information content (AvgIpc) is 1.83. The molecule has 1 unspecified atom stereocenters. The number of hydrogen-bond acceptors (Lipinski definition) is 2. The number of rotatable bonds is 4. The van der Waals surface area contributed by atoms with E-state index in [1.165, 1.54) is 0 Å². The lowest BCUT2D eigenvalue weighted by molar-refractivity contribution is 0.241. The lowest BCUT2D eigenvalue weighted by atomic mass is 10.2. The first-order valence-electron chi connectivity index (χ1n) is 3.19. The molecule has 0 radical (unpaired) electrons. The molecule has 0 spiro atoms. The minimum absolute atomic E-state index is 0.254. The zero-order valence-electron chi connectivity index (χ0n) is 5.65. The molecule has 8 heavy (non-hydrogen) atoms. The molecule has 0 rings (SSSR count). The number of nitrogens with one attached hydrogen (secondary N) is 1. The van der Waals surface area contributed by atoms with Crippen molar-refractivity contribution in [3.63, 3.8) is 0 Å². The average molecular weight is 117 g/mol. The van der Waals surface area contributed by atoms with E-state index in [2.05, 4.69) is 12.2 Å². The van der Waals surface area contributed by atoms with Gasteiger partial charge in [0.2, 0.25) is 0 Å². The van der Waals surface area contributed by atoms with Gasteiger partial charge in [-0.05, 0) is 13.0 Å². The van der Waals surface area contributed by atoms with Gasteiger partial charge in [0.05, 0.1) is 6.61 Å². The second-order valence-electron chi connectivity index (χ2n) is 1.85. The minimum atomic E-state index is 0.254. The summed E-state index contributed by atoms with van der Waals surface area (Å²) in [7, 11) is 0. The van der Waals surface area contributed by atoms with Crippen molar-refractivity contribution in [2.45, 2.75) is 26.3 Å². The van der Waals surface area contributed by atoms with E-state index >= 15 is 0 Å². The van der Waals surface area contributed by atoms with Crippen molar-refractivity contribution in [1.82, 2.24) is 5.32 Å². The van der Waals surface area contributed by atoms with Gasteiger partial charge < -0.3 is 10.4 Å². The van der Waals surface area contributed by atoms with Gasteiger partial charge in [-0.25, -0.2) is 0 Å². The quantitative estimate of drug-likeness (QED) is 0.557. The summed E-state index contributed by atoms with van der Waals surface area (Å²) in [6.07, 6.45) is 1.00. The molecule has 0 saturated carbocycles. The van der Waals surface area contributed by atoms with E-state index < -0.39 is 0 Å². The van der Waals surface area contributed by atoms with Gasteiger partial charge in [-0.1, -0.05) is 13.8 Å². The van der Waals surface area contributed by atoms with Crippen molar-refractivity contribution in [2.24, 2.45) is 0 Å². The van der Waals surface area contributed by atoms with Crippen LogP contribution in [0.1, 0.15) is 20.3 Å². The predicted molar refractivity (Wildman–Crippen MR) is 34.8 cm³/mol. The summed E-state index contributed by atoms with van der Waals surface area (Å²) in [4.78, 5) is 0. The Labute approximate surface area is 50.9 Å². The molecule has 0 aliphatic carbocycles. The largest absolute Gasteiger partial charge is 0.395 e. The molecule has 0 bridgehead atoms. The third kappa shape index (κ3) is 2.99. The van der Waals surface area contributed by atoms with Crippen LogP contribution in [0.4, 0.5) is 0 Å². The van der Waals surface area contributed by atoms with Crippen LogP contribution >= 0.6 is 0 Å². The molecule has 2 nitrogen and oxygen atoms in total. The van der Waals surface area contributed by atoms with E-state index in [1.807, 2.05) is 6.92 Å². The predicted octanol–water partition coefficient (Wildman–Crippen LogP) is 0.367. The van der Waals surface area contributed by atoms with Crippen LogP contribution in [0, 0.1) is 0 Å². The van der Waals surface area contributed by atoms with Crippen LogP contribution in [0.25, 0.3) is 0 Å². The third-order valence-corrected chi connectivity index (χ3v) is 1.21. The van der Waals surface area contributed by atoms with Gasteiger partial charge in [-0.2, -0.15) is 0 Å². The van der Waals surface area contributed by atoms with Crippen LogP contribution < -0.4 is 5.32 Å². The second kappa shape index (κ2) is 5.06. The fraction of sp³-hybridized carbons (Fsp3) is 1.00. The Bertz CT molecular complexity index is 43.8. The molecule has 0 aromatic rings. The van der Waals surface area contributed by atoms with E-state index in [1.54, 1.807) is 0 Å². The van der Waals surface area contributed by atoms with Gasteiger partial charge in [-0.3, -0.25) is 0 Å². The standard InChI is InChI=1S/C6H15NO/c1-3-6(5-8)7-4-2/h6-8H,3-5H2,1-2H3. The summed E-state index contributed by atoms with van der Waals surface area (Å²) in [5, 5.41) is 11.7. The van der Waals surface area contributed by atoms with E-state index in [0.29, 0.717) is 6.04 Å². The van der Waals surface area contributed by atoms with E-state index in [0.717, 1.165) is 13.0 Å². The van der Waals surface area contributed by atoms with Crippen LogP contribution in [-0.2, 0) is 0 Å². The molecule has 0 aliphatic rings. The minimum Gasteiger partial charge on any atom is -0.395 e. The summed E-state index contributed by atoms with van der Waals surface area (Å²) in [6, 6.07) is 0.306. The molecule has 0 aromatic heterocycles. The first-order chi connectivity index (χ1) is 3.85. The molecule has 1 atom stereocenters. The smallest absolute Gasteiger partial charge is 0.0584 e. The monoisotopic (exact) mass is 117 g/mol. The summed E-state index contributed by atoms with van der Waals surface area (Å²) in [5.41, 5.74) is 0. The van der Waals surface area contributed by atoms with E-state index in [4.69, 9.17) is 5.11 Å². The summed E-state index contributed by atoms with van der Waals surface area (Å²) >= 11 is 0. The molecule has 0 aliphatic heterocycles. The van der Waals surface area contributed by atoms with Crippen molar-refractivity contribution < 1.29 is 5.11 Å². The Hall–Kier alpha value is -0.0800. The maximum Gasteiger partial charge on any atom is 0.0584 e. The van der Waals surface area contributed by atoms with Crippen LogP contribution in [0.5, 0.6) is 0 Å². The molecule has 2 N–H and O–H groups in total. The first-order valence-corrected chi connectivity index (χ1v) is 3.19. The first kappa shape index (κ1) is 7.92. The maximum absolute atomic E-state index is 8.59. The zero-order chi connectivity index (χ0) is 6.41. The maximum atomic E-state index is 8.59. The lowest BCUT2D eigenvalue weighted by Gasteiger charge is -2.10. The van der Waals surface area contributed by atoms with Crippen molar-refractivity contribution in [2.75, 3.05) is 13.2 Å². The normalized spacial score (nSPS) is 13.9. The summed E-state index contributed by atoms with van der Waals surface area (Å²) < 4.78 is 0. The van der Waals surface area contributed by atoms with Crippen molar-refractivity contribution in [1.29, 1.82) is 0 Å². The molecule has 0 saturated heterocycles. The molecule has 0 aromatic carbocycles. The SMILES string of the molecule is CCNC(CC)CO. The topological polar surface area (TPSA) is 32.3 Å². The Morgan fingerprint density at radius 2 is 2.12 bits per heavy atom. The van der Waals surface area contributed by atoms with Crippen LogP contribution in [0.3, 0.4) is 0 Å². The second-order valence-corrected chi connectivity index (χ2v) is 1.85. The van der Waals surface area contributed by atoms with Crippen molar-refractivity contribution >= 4 is 0 Å². The highest BCUT2D eigenvalue weighted by Gasteiger charge is 1.98. The number of likely N-dealkylation sites (N-methyl/N-ethyl adjacent to an activating group) is 1. The molecule has 0 fully saturated rings. The summed E-state index contributed by atoms with van der Waals surface area (Å²) in [6.45, 7) is 5.30. The van der Waals surface area contributed by atoms with Gasteiger partial charge in [0.15, 0.2) is 0 Å². The number of aliphatic hydroxyl groups is 1.